The van der Waals surface area contributed by atoms with Gasteiger partial charge in [0, 0.05) is 18.0 Å². The average molecular weight is 265 g/mol. The van der Waals surface area contributed by atoms with Crippen molar-refractivity contribution in [1.82, 2.24) is 0 Å². The van der Waals surface area contributed by atoms with Crippen molar-refractivity contribution in [2.24, 2.45) is 5.73 Å². The van der Waals surface area contributed by atoms with E-state index in [1.165, 1.54) is 0 Å². The lowest BCUT2D eigenvalue weighted by molar-refractivity contribution is 0.0977. The van der Waals surface area contributed by atoms with Gasteiger partial charge in [-0.1, -0.05) is 0 Å². The highest BCUT2D eigenvalue weighted by atomic mass is 16.5. The van der Waals surface area contributed by atoms with E-state index in [9.17, 15) is 4.79 Å². The van der Waals surface area contributed by atoms with Crippen molar-refractivity contribution in [2.75, 3.05) is 13.2 Å². The first kappa shape index (κ1) is 15.5. The standard InChI is InChI=1S/C15H23NO3/c1-4-18-14-9-7-12(10-15(14)19-5-2)13(17)8-6-11(3)16/h7,9-11H,4-6,8,16H2,1-3H3. The van der Waals surface area contributed by atoms with Crippen molar-refractivity contribution in [3.8, 4) is 11.5 Å². The molecule has 0 aliphatic rings. The molecule has 0 spiro atoms. The van der Waals surface area contributed by atoms with E-state index >= 15 is 0 Å². The van der Waals surface area contributed by atoms with Gasteiger partial charge in [-0.15, -0.1) is 0 Å². The van der Waals surface area contributed by atoms with Crippen LogP contribution >= 0.6 is 0 Å². The molecule has 0 fully saturated rings. The summed E-state index contributed by atoms with van der Waals surface area (Å²) in [6.45, 7) is 6.82. The van der Waals surface area contributed by atoms with Crippen molar-refractivity contribution in [2.45, 2.75) is 39.7 Å². The van der Waals surface area contributed by atoms with Crippen LogP contribution in [0.25, 0.3) is 0 Å². The minimum Gasteiger partial charge on any atom is -0.490 e. The van der Waals surface area contributed by atoms with E-state index in [0.717, 1.165) is 0 Å². The maximum absolute atomic E-state index is 12.0. The summed E-state index contributed by atoms with van der Waals surface area (Å²) in [5.41, 5.74) is 6.31. The van der Waals surface area contributed by atoms with Crippen LogP contribution in [0.3, 0.4) is 0 Å². The van der Waals surface area contributed by atoms with E-state index in [1.807, 2.05) is 20.8 Å². The quantitative estimate of drug-likeness (QED) is 0.734. The van der Waals surface area contributed by atoms with Crippen LogP contribution in [-0.2, 0) is 0 Å². The highest BCUT2D eigenvalue weighted by Gasteiger charge is 2.12. The fraction of sp³-hybridized carbons (Fsp3) is 0.533. The van der Waals surface area contributed by atoms with Crippen LogP contribution in [0.2, 0.25) is 0 Å². The van der Waals surface area contributed by atoms with Gasteiger partial charge in [-0.25, -0.2) is 0 Å². The second kappa shape index (κ2) is 7.79. The van der Waals surface area contributed by atoms with Crippen LogP contribution in [0.4, 0.5) is 0 Å². The Labute approximate surface area is 114 Å². The van der Waals surface area contributed by atoms with Crippen molar-refractivity contribution < 1.29 is 14.3 Å². The zero-order valence-electron chi connectivity index (χ0n) is 11.9. The molecule has 0 aliphatic carbocycles. The third kappa shape index (κ3) is 4.91. The maximum Gasteiger partial charge on any atom is 0.163 e. The molecule has 1 aromatic rings. The van der Waals surface area contributed by atoms with Crippen LogP contribution in [0.1, 0.15) is 44.0 Å². The Balaban J connectivity index is 2.84. The number of ether oxygens (including phenoxy) is 2. The normalized spacial score (nSPS) is 12.0. The zero-order chi connectivity index (χ0) is 14.3. The van der Waals surface area contributed by atoms with Crippen LogP contribution in [0.5, 0.6) is 11.5 Å². The summed E-state index contributed by atoms with van der Waals surface area (Å²) in [6, 6.07) is 5.35. The molecule has 1 rings (SSSR count). The highest BCUT2D eigenvalue weighted by Crippen LogP contribution is 2.29. The number of nitrogens with two attached hydrogens (primary N) is 1. The van der Waals surface area contributed by atoms with Gasteiger partial charge in [-0.05, 0) is 45.4 Å². The van der Waals surface area contributed by atoms with Gasteiger partial charge in [0.1, 0.15) is 0 Å². The second-order valence-corrected chi connectivity index (χ2v) is 4.47. The lowest BCUT2D eigenvalue weighted by atomic mass is 10.0. The molecule has 0 amide bonds. The summed E-state index contributed by atoms with van der Waals surface area (Å²) < 4.78 is 11.0. The van der Waals surface area contributed by atoms with E-state index in [4.69, 9.17) is 15.2 Å². The Morgan fingerprint density at radius 1 is 1.21 bits per heavy atom. The van der Waals surface area contributed by atoms with Crippen LogP contribution in [0, 0.1) is 0 Å². The van der Waals surface area contributed by atoms with Crippen molar-refractivity contribution >= 4 is 5.78 Å². The van der Waals surface area contributed by atoms with E-state index in [-0.39, 0.29) is 11.8 Å². The van der Waals surface area contributed by atoms with Gasteiger partial charge in [0.05, 0.1) is 13.2 Å². The van der Waals surface area contributed by atoms with Gasteiger partial charge in [0.15, 0.2) is 17.3 Å². The molecule has 0 heterocycles. The maximum atomic E-state index is 12.0. The molecule has 19 heavy (non-hydrogen) atoms. The summed E-state index contributed by atoms with van der Waals surface area (Å²) in [7, 11) is 0. The van der Waals surface area contributed by atoms with Crippen LogP contribution in [-0.4, -0.2) is 25.0 Å². The minimum atomic E-state index is 0.0398. The van der Waals surface area contributed by atoms with Gasteiger partial charge in [-0.2, -0.15) is 0 Å². The lowest BCUT2D eigenvalue weighted by Gasteiger charge is -2.12. The minimum absolute atomic E-state index is 0.0398. The SMILES string of the molecule is CCOc1ccc(C(=O)CCC(C)N)cc1OCC. The number of hydrogen-bond acceptors (Lipinski definition) is 4. The van der Waals surface area contributed by atoms with E-state index in [1.54, 1.807) is 18.2 Å². The first-order valence-corrected chi connectivity index (χ1v) is 6.76. The zero-order valence-corrected chi connectivity index (χ0v) is 11.9. The molecule has 0 saturated heterocycles. The van der Waals surface area contributed by atoms with Gasteiger partial charge < -0.3 is 15.2 Å². The number of carbonyl (C=O) groups excluding carboxylic acids is 1. The van der Waals surface area contributed by atoms with Gasteiger partial charge in [0.2, 0.25) is 0 Å². The molecule has 4 heteroatoms. The first-order valence-electron chi connectivity index (χ1n) is 6.76. The molecule has 1 aromatic carbocycles. The van der Waals surface area contributed by atoms with Gasteiger partial charge >= 0.3 is 0 Å². The van der Waals surface area contributed by atoms with Crippen molar-refractivity contribution in [1.29, 1.82) is 0 Å². The summed E-state index contributed by atoms with van der Waals surface area (Å²) in [5, 5.41) is 0. The molecule has 0 aliphatic heterocycles. The number of hydrogen-bond donors (Lipinski definition) is 1. The lowest BCUT2D eigenvalue weighted by Crippen LogP contribution is -2.16. The number of carbonyl (C=O) groups is 1. The van der Waals surface area contributed by atoms with Gasteiger partial charge in [0.25, 0.3) is 0 Å². The average Bonchev–Trinajstić information content (AvgIpc) is 2.38. The summed E-state index contributed by atoms with van der Waals surface area (Å²) in [4.78, 5) is 12.0. The van der Waals surface area contributed by atoms with Crippen molar-refractivity contribution in [3.63, 3.8) is 0 Å². The molecule has 1 atom stereocenters. The predicted molar refractivity (Wildman–Crippen MR) is 76.0 cm³/mol. The van der Waals surface area contributed by atoms with Crippen LogP contribution < -0.4 is 15.2 Å². The van der Waals surface area contributed by atoms with E-state index < -0.39 is 0 Å². The smallest absolute Gasteiger partial charge is 0.163 e. The summed E-state index contributed by atoms with van der Waals surface area (Å²) >= 11 is 0. The second-order valence-electron chi connectivity index (χ2n) is 4.47. The Morgan fingerprint density at radius 2 is 1.84 bits per heavy atom. The number of ketones is 1. The molecule has 0 radical (unpaired) electrons. The third-order valence-corrected chi connectivity index (χ3v) is 2.69. The molecular weight excluding hydrogens is 242 g/mol. The molecule has 106 valence electrons. The van der Waals surface area contributed by atoms with Crippen molar-refractivity contribution in [3.05, 3.63) is 23.8 Å². The Morgan fingerprint density at radius 3 is 2.42 bits per heavy atom. The summed E-state index contributed by atoms with van der Waals surface area (Å²) in [6.07, 6.45) is 1.15. The largest absolute Gasteiger partial charge is 0.490 e. The number of benzene rings is 1. The molecule has 2 N–H and O–H groups in total. The first-order chi connectivity index (χ1) is 9.08. The van der Waals surface area contributed by atoms with E-state index in [0.29, 0.717) is 43.1 Å². The molecule has 0 saturated carbocycles. The highest BCUT2D eigenvalue weighted by molar-refractivity contribution is 5.96. The number of Topliss-reactive ketones (excluding diaryl/α,β-unsaturated/α-hetero) is 1. The molecule has 4 nitrogen and oxygen atoms in total. The molecule has 0 bridgehead atoms. The Hall–Kier alpha value is -1.55. The number of rotatable bonds is 8. The fourth-order valence-corrected chi connectivity index (χ4v) is 1.73. The molecule has 1 unspecified atom stereocenters. The predicted octanol–water partition coefficient (Wildman–Crippen LogP) is 2.79. The van der Waals surface area contributed by atoms with Gasteiger partial charge in [-0.3, -0.25) is 4.79 Å². The summed E-state index contributed by atoms with van der Waals surface area (Å²) in [5.74, 6) is 1.38. The Bertz CT molecular complexity index is 416. The molecule has 0 aromatic heterocycles. The fourth-order valence-electron chi connectivity index (χ4n) is 1.73. The monoisotopic (exact) mass is 265 g/mol. The van der Waals surface area contributed by atoms with Crippen LogP contribution in [0.15, 0.2) is 18.2 Å². The molecular formula is C15H23NO3. The topological polar surface area (TPSA) is 61.5 Å². The Kier molecular flexibility index (Phi) is 6.36. The van der Waals surface area contributed by atoms with E-state index in [2.05, 4.69) is 0 Å². The third-order valence-electron chi connectivity index (χ3n) is 2.69.